The van der Waals surface area contributed by atoms with Crippen LogP contribution in [0.4, 0.5) is 0 Å². The SMILES string of the molecule is Cc1cc(C(=O)N(Cc2ccc(OC3Cc4ccccc4C3)cc2)[C@H]2CCCCNC2=O)n(C)n1. The number of hydrogen-bond donors (Lipinski definition) is 1. The monoisotopic (exact) mass is 472 g/mol. The van der Waals surface area contributed by atoms with E-state index in [4.69, 9.17) is 4.74 Å². The Morgan fingerprint density at radius 3 is 2.49 bits per heavy atom. The number of carbonyl (C=O) groups excluding carboxylic acids is 2. The molecule has 3 aromatic rings. The number of hydrogen-bond acceptors (Lipinski definition) is 4. The highest BCUT2D eigenvalue weighted by Crippen LogP contribution is 2.26. The topological polar surface area (TPSA) is 76.5 Å². The van der Waals surface area contributed by atoms with E-state index in [1.54, 1.807) is 22.7 Å². The van der Waals surface area contributed by atoms with Gasteiger partial charge in [0.25, 0.3) is 5.91 Å². The number of aryl methyl sites for hydroxylation is 2. The van der Waals surface area contributed by atoms with Gasteiger partial charge in [0, 0.05) is 33.0 Å². The van der Waals surface area contributed by atoms with Crippen molar-refractivity contribution in [3.05, 3.63) is 82.7 Å². The molecule has 1 N–H and O–H groups in total. The fraction of sp³-hybridized carbons (Fsp3) is 0.393. The molecule has 5 rings (SSSR count). The Morgan fingerprint density at radius 2 is 1.83 bits per heavy atom. The summed E-state index contributed by atoms with van der Waals surface area (Å²) in [4.78, 5) is 28.2. The standard InChI is InChI=1S/C28H32N4O3/c1-19-15-26(31(2)30-19)28(34)32(25-9-5-6-14-29-27(25)33)18-20-10-12-23(13-11-20)35-24-16-21-7-3-4-8-22(21)17-24/h3-4,7-8,10-13,15,24-25H,5-6,9,14,16-18H2,1-2H3,(H,29,33)/t25-/m0/s1. The molecule has 0 unspecified atom stereocenters. The lowest BCUT2D eigenvalue weighted by molar-refractivity contribution is -0.125. The summed E-state index contributed by atoms with van der Waals surface area (Å²) in [6.45, 7) is 2.86. The number of nitrogens with one attached hydrogen (secondary N) is 1. The van der Waals surface area contributed by atoms with Gasteiger partial charge in [-0.25, -0.2) is 0 Å². The minimum atomic E-state index is -0.506. The lowest BCUT2D eigenvalue weighted by atomic mass is 10.1. The van der Waals surface area contributed by atoms with E-state index in [0.717, 1.165) is 42.7 Å². The number of fused-ring (bicyclic) bond motifs is 1. The molecule has 35 heavy (non-hydrogen) atoms. The largest absolute Gasteiger partial charge is 0.490 e. The highest BCUT2D eigenvalue weighted by atomic mass is 16.5. The summed E-state index contributed by atoms with van der Waals surface area (Å²) in [6.07, 6.45) is 4.44. The van der Waals surface area contributed by atoms with Gasteiger partial charge < -0.3 is 15.0 Å². The number of ether oxygens (including phenoxy) is 1. The van der Waals surface area contributed by atoms with Gasteiger partial charge in [-0.05, 0) is 61.1 Å². The molecule has 0 spiro atoms. The summed E-state index contributed by atoms with van der Waals surface area (Å²) in [5, 5.41) is 7.30. The maximum atomic E-state index is 13.6. The molecule has 2 amide bonds. The molecule has 2 aliphatic rings. The van der Waals surface area contributed by atoms with Crippen molar-refractivity contribution in [2.45, 2.75) is 57.7 Å². The Balaban J connectivity index is 1.32. The molecule has 7 nitrogen and oxygen atoms in total. The van der Waals surface area contributed by atoms with Gasteiger partial charge in [0.15, 0.2) is 0 Å². The average molecular weight is 473 g/mol. The van der Waals surface area contributed by atoms with E-state index >= 15 is 0 Å². The van der Waals surface area contributed by atoms with Crippen molar-refractivity contribution in [1.29, 1.82) is 0 Å². The fourth-order valence-corrected chi connectivity index (χ4v) is 5.17. The smallest absolute Gasteiger partial charge is 0.273 e. The van der Waals surface area contributed by atoms with E-state index in [9.17, 15) is 9.59 Å². The van der Waals surface area contributed by atoms with Gasteiger partial charge in [-0.2, -0.15) is 5.10 Å². The second-order valence-electron chi connectivity index (χ2n) is 9.59. The first-order chi connectivity index (χ1) is 17.0. The minimum Gasteiger partial charge on any atom is -0.490 e. The van der Waals surface area contributed by atoms with Crippen LogP contribution in [0.25, 0.3) is 0 Å². The third kappa shape index (κ3) is 5.09. The molecule has 1 aromatic heterocycles. The molecular weight excluding hydrogens is 440 g/mol. The van der Waals surface area contributed by atoms with Crippen molar-refractivity contribution < 1.29 is 14.3 Å². The van der Waals surface area contributed by atoms with Crippen molar-refractivity contribution in [3.63, 3.8) is 0 Å². The summed E-state index contributed by atoms with van der Waals surface area (Å²) in [5.74, 6) is 0.550. The van der Waals surface area contributed by atoms with Gasteiger partial charge in [-0.15, -0.1) is 0 Å². The first kappa shape index (κ1) is 23.1. The summed E-state index contributed by atoms with van der Waals surface area (Å²) >= 11 is 0. The molecule has 0 radical (unpaired) electrons. The molecule has 1 atom stereocenters. The van der Waals surface area contributed by atoms with Gasteiger partial charge in [0.2, 0.25) is 5.91 Å². The van der Waals surface area contributed by atoms with E-state index in [0.29, 0.717) is 25.2 Å². The van der Waals surface area contributed by atoms with E-state index < -0.39 is 6.04 Å². The minimum absolute atomic E-state index is 0.0875. The van der Waals surface area contributed by atoms with Crippen LogP contribution in [0.15, 0.2) is 54.6 Å². The number of benzene rings is 2. The molecule has 1 fully saturated rings. The molecule has 0 bridgehead atoms. The van der Waals surface area contributed by atoms with Crippen LogP contribution in [0.2, 0.25) is 0 Å². The summed E-state index contributed by atoms with van der Waals surface area (Å²) in [6, 6.07) is 17.6. The maximum Gasteiger partial charge on any atom is 0.273 e. The lowest BCUT2D eigenvalue weighted by Gasteiger charge is -2.30. The maximum absolute atomic E-state index is 13.6. The molecule has 7 heteroatoms. The third-order valence-corrected chi connectivity index (χ3v) is 6.96. The molecular formula is C28H32N4O3. The van der Waals surface area contributed by atoms with Crippen LogP contribution in [-0.2, 0) is 31.2 Å². The number of amides is 2. The lowest BCUT2D eigenvalue weighted by Crippen LogP contribution is -2.48. The Kier molecular flexibility index (Phi) is 6.57. The van der Waals surface area contributed by atoms with Crippen molar-refractivity contribution in [2.24, 2.45) is 7.05 Å². The van der Waals surface area contributed by atoms with Crippen LogP contribution in [0.1, 0.15) is 52.1 Å². The number of aromatic nitrogens is 2. The predicted molar refractivity (Wildman–Crippen MR) is 133 cm³/mol. The van der Waals surface area contributed by atoms with Gasteiger partial charge >= 0.3 is 0 Å². The van der Waals surface area contributed by atoms with E-state index in [2.05, 4.69) is 34.7 Å². The zero-order valence-electron chi connectivity index (χ0n) is 20.4. The Hall–Kier alpha value is -3.61. The molecule has 1 saturated heterocycles. The van der Waals surface area contributed by atoms with E-state index in [1.807, 2.05) is 31.2 Å². The molecule has 2 heterocycles. The second kappa shape index (κ2) is 9.94. The predicted octanol–water partition coefficient (Wildman–Crippen LogP) is 3.59. The number of nitrogens with zero attached hydrogens (tertiary/aromatic N) is 3. The fourth-order valence-electron chi connectivity index (χ4n) is 5.17. The van der Waals surface area contributed by atoms with Gasteiger partial charge in [-0.1, -0.05) is 36.4 Å². The van der Waals surface area contributed by atoms with Crippen molar-refractivity contribution >= 4 is 11.8 Å². The molecule has 182 valence electrons. The molecule has 0 saturated carbocycles. The molecule has 1 aliphatic heterocycles. The van der Waals surface area contributed by atoms with Crippen LogP contribution in [0.3, 0.4) is 0 Å². The number of rotatable bonds is 6. The zero-order valence-corrected chi connectivity index (χ0v) is 20.4. The van der Waals surface area contributed by atoms with Crippen LogP contribution in [0.5, 0.6) is 5.75 Å². The average Bonchev–Trinajstić information content (AvgIpc) is 3.34. The van der Waals surface area contributed by atoms with Gasteiger partial charge in [0.05, 0.1) is 5.69 Å². The van der Waals surface area contributed by atoms with Crippen molar-refractivity contribution in [1.82, 2.24) is 20.0 Å². The Bertz CT molecular complexity index is 1190. The highest BCUT2D eigenvalue weighted by molar-refractivity contribution is 5.96. The van der Waals surface area contributed by atoms with Gasteiger partial charge in [-0.3, -0.25) is 14.3 Å². The van der Waals surface area contributed by atoms with Crippen molar-refractivity contribution in [2.75, 3.05) is 6.54 Å². The summed E-state index contributed by atoms with van der Waals surface area (Å²) in [5.41, 5.74) is 4.93. The third-order valence-electron chi connectivity index (χ3n) is 6.96. The number of carbonyl (C=O) groups is 2. The second-order valence-corrected chi connectivity index (χ2v) is 9.59. The highest BCUT2D eigenvalue weighted by Gasteiger charge is 2.33. The molecule has 2 aromatic carbocycles. The quantitative estimate of drug-likeness (QED) is 0.595. The molecule has 1 aliphatic carbocycles. The summed E-state index contributed by atoms with van der Waals surface area (Å²) in [7, 11) is 1.76. The van der Waals surface area contributed by atoms with E-state index in [1.165, 1.54) is 11.1 Å². The van der Waals surface area contributed by atoms with E-state index in [-0.39, 0.29) is 17.9 Å². The zero-order chi connectivity index (χ0) is 24.4. The Labute approximate surface area is 206 Å². The first-order valence-electron chi connectivity index (χ1n) is 12.4. The summed E-state index contributed by atoms with van der Waals surface area (Å²) < 4.78 is 7.84. The Morgan fingerprint density at radius 1 is 1.11 bits per heavy atom. The van der Waals surface area contributed by atoms with Crippen molar-refractivity contribution in [3.8, 4) is 5.75 Å². The first-order valence-corrected chi connectivity index (χ1v) is 12.4. The van der Waals surface area contributed by atoms with Crippen LogP contribution < -0.4 is 10.1 Å². The van der Waals surface area contributed by atoms with Crippen LogP contribution >= 0.6 is 0 Å². The van der Waals surface area contributed by atoms with Gasteiger partial charge in [0.1, 0.15) is 23.6 Å². The normalized spacial score (nSPS) is 18.0. The van der Waals surface area contributed by atoms with Crippen LogP contribution in [0, 0.1) is 6.92 Å². The van der Waals surface area contributed by atoms with Crippen LogP contribution in [-0.4, -0.2) is 45.2 Å².